The van der Waals surface area contributed by atoms with Gasteiger partial charge in [-0.05, 0) is 37.8 Å². The number of amides is 3. The van der Waals surface area contributed by atoms with Crippen molar-refractivity contribution < 1.29 is 19.4 Å². The molecule has 136 valence electrons. The van der Waals surface area contributed by atoms with E-state index in [-0.39, 0.29) is 24.1 Å². The maximum absolute atomic E-state index is 12.7. The van der Waals surface area contributed by atoms with Gasteiger partial charge in [0.15, 0.2) is 0 Å². The molecule has 1 aromatic rings. The van der Waals surface area contributed by atoms with E-state index in [0.29, 0.717) is 50.4 Å². The summed E-state index contributed by atoms with van der Waals surface area (Å²) in [4.78, 5) is 26.7. The van der Waals surface area contributed by atoms with Crippen molar-refractivity contribution in [1.82, 2.24) is 10.2 Å². The lowest BCUT2D eigenvalue weighted by molar-refractivity contribution is 0.0303. The molecule has 0 aromatic heterocycles. The number of hydrogen-bond acceptors (Lipinski definition) is 4. The molecule has 1 aliphatic heterocycles. The molecule has 2 aliphatic rings. The number of aliphatic hydroxyl groups excluding tert-OH is 1. The lowest BCUT2D eigenvalue weighted by Crippen LogP contribution is -2.42. The van der Waals surface area contributed by atoms with Gasteiger partial charge in [0, 0.05) is 19.1 Å². The molecule has 1 aromatic carbocycles. The van der Waals surface area contributed by atoms with Gasteiger partial charge in [-0.1, -0.05) is 12.1 Å². The second-order valence-electron chi connectivity index (χ2n) is 6.55. The Morgan fingerprint density at radius 1 is 1.08 bits per heavy atom. The first-order valence-electron chi connectivity index (χ1n) is 8.85. The number of morpholine rings is 1. The maximum Gasteiger partial charge on any atom is 0.319 e. The summed E-state index contributed by atoms with van der Waals surface area (Å²) >= 11 is 0. The summed E-state index contributed by atoms with van der Waals surface area (Å²) in [5, 5.41) is 15.3. The van der Waals surface area contributed by atoms with Crippen LogP contribution in [0.4, 0.5) is 10.5 Å². The van der Waals surface area contributed by atoms with Crippen molar-refractivity contribution in [2.45, 2.75) is 37.8 Å². The fourth-order valence-electron chi connectivity index (χ4n) is 3.28. The zero-order chi connectivity index (χ0) is 17.6. The number of aliphatic hydroxyl groups is 1. The van der Waals surface area contributed by atoms with Crippen molar-refractivity contribution in [3.8, 4) is 0 Å². The molecule has 1 saturated carbocycles. The molecule has 2 fully saturated rings. The molecule has 1 saturated heterocycles. The average Bonchev–Trinajstić information content (AvgIpc) is 2.64. The number of nitrogens with one attached hydrogen (secondary N) is 2. The van der Waals surface area contributed by atoms with Gasteiger partial charge < -0.3 is 25.4 Å². The Hall–Kier alpha value is -2.12. The minimum atomic E-state index is -0.316. The first kappa shape index (κ1) is 17.7. The molecule has 0 spiro atoms. The Bertz CT molecular complexity index is 608. The Morgan fingerprint density at radius 2 is 1.76 bits per heavy atom. The third-order valence-corrected chi connectivity index (χ3v) is 4.74. The summed E-state index contributed by atoms with van der Waals surface area (Å²) in [7, 11) is 0. The topological polar surface area (TPSA) is 90.9 Å². The van der Waals surface area contributed by atoms with E-state index >= 15 is 0 Å². The highest BCUT2D eigenvalue weighted by atomic mass is 16.5. The molecule has 1 heterocycles. The van der Waals surface area contributed by atoms with Crippen molar-refractivity contribution in [1.29, 1.82) is 0 Å². The number of urea groups is 1. The lowest BCUT2D eigenvalue weighted by Gasteiger charge is -2.28. The van der Waals surface area contributed by atoms with Crippen molar-refractivity contribution in [3.05, 3.63) is 29.8 Å². The molecular formula is C18H25N3O4. The van der Waals surface area contributed by atoms with Crippen molar-refractivity contribution in [2.75, 3.05) is 31.6 Å². The molecule has 0 unspecified atom stereocenters. The van der Waals surface area contributed by atoms with Crippen molar-refractivity contribution in [2.24, 2.45) is 0 Å². The fourth-order valence-corrected chi connectivity index (χ4v) is 3.28. The van der Waals surface area contributed by atoms with Crippen LogP contribution in [0.15, 0.2) is 24.3 Å². The first-order chi connectivity index (χ1) is 12.1. The van der Waals surface area contributed by atoms with Gasteiger partial charge in [-0.15, -0.1) is 0 Å². The van der Waals surface area contributed by atoms with Crippen LogP contribution in [0.25, 0.3) is 0 Å². The largest absolute Gasteiger partial charge is 0.393 e. The molecule has 0 atom stereocenters. The van der Waals surface area contributed by atoms with E-state index in [0.717, 1.165) is 12.8 Å². The Labute approximate surface area is 147 Å². The molecular weight excluding hydrogens is 322 g/mol. The van der Waals surface area contributed by atoms with E-state index in [2.05, 4.69) is 10.6 Å². The summed E-state index contributed by atoms with van der Waals surface area (Å²) in [6.45, 7) is 2.19. The number of carbonyl (C=O) groups is 2. The van der Waals surface area contributed by atoms with Gasteiger partial charge in [-0.3, -0.25) is 4.79 Å². The number of para-hydroxylation sites is 1. The predicted molar refractivity (Wildman–Crippen MR) is 93.6 cm³/mol. The normalized spacial score (nSPS) is 23.8. The van der Waals surface area contributed by atoms with Gasteiger partial charge in [-0.2, -0.15) is 0 Å². The molecule has 25 heavy (non-hydrogen) atoms. The molecule has 3 amide bonds. The van der Waals surface area contributed by atoms with Crippen LogP contribution in [0, 0.1) is 0 Å². The van der Waals surface area contributed by atoms with Gasteiger partial charge in [0.05, 0.1) is 30.6 Å². The van der Waals surface area contributed by atoms with Crippen LogP contribution in [0.1, 0.15) is 36.0 Å². The number of nitrogens with zero attached hydrogens (tertiary/aromatic N) is 1. The first-order valence-corrected chi connectivity index (χ1v) is 8.85. The second-order valence-corrected chi connectivity index (χ2v) is 6.55. The van der Waals surface area contributed by atoms with E-state index in [1.165, 1.54) is 0 Å². The van der Waals surface area contributed by atoms with E-state index < -0.39 is 0 Å². The van der Waals surface area contributed by atoms with Crippen molar-refractivity contribution in [3.63, 3.8) is 0 Å². The van der Waals surface area contributed by atoms with Crippen LogP contribution in [0.5, 0.6) is 0 Å². The minimum absolute atomic E-state index is 0.0607. The van der Waals surface area contributed by atoms with Crippen LogP contribution < -0.4 is 10.6 Å². The van der Waals surface area contributed by atoms with Gasteiger partial charge in [-0.25, -0.2) is 4.79 Å². The highest BCUT2D eigenvalue weighted by molar-refractivity contribution is 6.03. The highest BCUT2D eigenvalue weighted by Gasteiger charge is 2.23. The third-order valence-electron chi connectivity index (χ3n) is 4.74. The van der Waals surface area contributed by atoms with Gasteiger partial charge in [0.1, 0.15) is 0 Å². The fraction of sp³-hybridized carbons (Fsp3) is 0.556. The summed E-state index contributed by atoms with van der Waals surface area (Å²) in [5.41, 5.74) is 0.992. The molecule has 1 aliphatic carbocycles. The smallest absolute Gasteiger partial charge is 0.319 e. The van der Waals surface area contributed by atoms with E-state index in [1.807, 2.05) is 0 Å². The molecule has 0 radical (unpaired) electrons. The monoisotopic (exact) mass is 347 g/mol. The average molecular weight is 347 g/mol. The summed E-state index contributed by atoms with van der Waals surface area (Å²) < 4.78 is 5.28. The molecule has 7 nitrogen and oxygen atoms in total. The van der Waals surface area contributed by atoms with Gasteiger partial charge in [0.2, 0.25) is 0 Å². The van der Waals surface area contributed by atoms with Crippen molar-refractivity contribution >= 4 is 17.6 Å². The Balaban J connectivity index is 1.62. The summed E-state index contributed by atoms with van der Waals surface area (Å²) in [6.07, 6.45) is 2.69. The maximum atomic E-state index is 12.7. The molecule has 3 N–H and O–H groups in total. The predicted octanol–water partition coefficient (Wildman–Crippen LogP) is 1.58. The Kier molecular flexibility index (Phi) is 5.88. The number of anilines is 1. The Morgan fingerprint density at radius 3 is 2.48 bits per heavy atom. The third kappa shape index (κ3) is 4.70. The van der Waals surface area contributed by atoms with Crippen LogP contribution >= 0.6 is 0 Å². The standard InChI is InChI=1S/C18H25N3O4/c22-14-7-5-13(6-8-14)19-18(24)20-16-4-2-1-3-15(16)17(23)21-9-11-25-12-10-21/h1-4,13-14,22H,5-12H2,(H2,19,20,24). The zero-order valence-corrected chi connectivity index (χ0v) is 14.2. The number of rotatable bonds is 3. The van der Waals surface area contributed by atoms with Crippen LogP contribution in [0.3, 0.4) is 0 Å². The number of ether oxygens (including phenoxy) is 1. The van der Waals surface area contributed by atoms with E-state index in [1.54, 1.807) is 29.2 Å². The number of carbonyl (C=O) groups excluding carboxylic acids is 2. The number of hydrogen-bond donors (Lipinski definition) is 3. The highest BCUT2D eigenvalue weighted by Crippen LogP contribution is 2.20. The summed E-state index contributed by atoms with van der Waals surface area (Å²) in [5.74, 6) is -0.0972. The van der Waals surface area contributed by atoms with Gasteiger partial charge in [0.25, 0.3) is 5.91 Å². The summed E-state index contributed by atoms with van der Waals surface area (Å²) in [6, 6.07) is 6.79. The SMILES string of the molecule is O=C(Nc1ccccc1C(=O)N1CCOCC1)NC1CCC(O)CC1. The van der Waals surface area contributed by atoms with Gasteiger partial charge >= 0.3 is 6.03 Å². The molecule has 7 heteroatoms. The molecule has 3 rings (SSSR count). The van der Waals surface area contributed by atoms with Crippen LogP contribution in [-0.2, 0) is 4.74 Å². The zero-order valence-electron chi connectivity index (χ0n) is 14.2. The van der Waals surface area contributed by atoms with Crippen LogP contribution in [0.2, 0.25) is 0 Å². The minimum Gasteiger partial charge on any atom is -0.393 e. The second kappa shape index (κ2) is 8.31. The quantitative estimate of drug-likeness (QED) is 0.774. The lowest BCUT2D eigenvalue weighted by atomic mass is 9.93. The van der Waals surface area contributed by atoms with Crippen LogP contribution in [-0.4, -0.2) is 60.4 Å². The van der Waals surface area contributed by atoms with E-state index in [4.69, 9.17) is 4.74 Å². The number of benzene rings is 1. The van der Waals surface area contributed by atoms with E-state index in [9.17, 15) is 14.7 Å². The molecule has 0 bridgehead atoms.